The number of aliphatic hydroxyl groups is 1. The molecule has 2 fully saturated rings. The average Bonchev–Trinajstić information content (AvgIpc) is 2.76. The Hall–Kier alpha value is -0.810. The molecule has 1 N–H and O–H groups in total. The number of carbonyl (C=O) groups is 1. The van der Waals surface area contributed by atoms with Gasteiger partial charge >= 0.3 is 6.09 Å². The zero-order chi connectivity index (χ0) is 13.5. The molecule has 5 heteroatoms. The molecule has 0 bridgehead atoms. The number of fused-ring (bicyclic) bond motifs is 1. The minimum absolute atomic E-state index is 0.204. The van der Waals surface area contributed by atoms with Gasteiger partial charge in [-0.1, -0.05) is 0 Å². The summed E-state index contributed by atoms with van der Waals surface area (Å²) in [5, 5.41) is 9.27. The molecule has 2 saturated heterocycles. The van der Waals surface area contributed by atoms with Gasteiger partial charge in [-0.2, -0.15) is 0 Å². The number of hydrogen-bond acceptors (Lipinski definition) is 4. The van der Waals surface area contributed by atoms with E-state index in [9.17, 15) is 9.90 Å². The Morgan fingerprint density at radius 1 is 1.39 bits per heavy atom. The molecule has 0 aromatic carbocycles. The predicted molar refractivity (Wildman–Crippen MR) is 68.3 cm³/mol. The molecule has 0 aromatic heterocycles. The van der Waals surface area contributed by atoms with E-state index in [0.717, 1.165) is 13.0 Å². The lowest BCUT2D eigenvalue weighted by molar-refractivity contribution is 0.0263. The first-order valence-electron chi connectivity index (χ1n) is 6.62. The number of rotatable bonds is 1. The van der Waals surface area contributed by atoms with E-state index in [1.807, 2.05) is 27.8 Å². The van der Waals surface area contributed by atoms with Gasteiger partial charge in [0.15, 0.2) is 0 Å². The minimum atomic E-state index is -0.436. The van der Waals surface area contributed by atoms with Crippen LogP contribution in [0.5, 0.6) is 0 Å². The van der Waals surface area contributed by atoms with Crippen molar-refractivity contribution in [1.82, 2.24) is 9.80 Å². The summed E-state index contributed by atoms with van der Waals surface area (Å²) in [6.45, 7) is 7.32. The van der Waals surface area contributed by atoms with Crippen LogP contribution in [0.15, 0.2) is 0 Å². The molecular formula is C13H24N2O3. The SMILES string of the molecule is CN1[C@@H](CO)C[C@@H]2CN(C(=O)OC(C)(C)C)C[C@@H]21. The molecule has 2 aliphatic heterocycles. The number of carbonyl (C=O) groups excluding carboxylic acids is 1. The van der Waals surface area contributed by atoms with Crippen molar-refractivity contribution in [1.29, 1.82) is 0 Å². The first kappa shape index (κ1) is 13.6. The molecule has 0 radical (unpaired) electrons. The van der Waals surface area contributed by atoms with E-state index in [2.05, 4.69) is 4.90 Å². The number of amides is 1. The van der Waals surface area contributed by atoms with Crippen LogP contribution in [-0.2, 0) is 4.74 Å². The Kier molecular flexibility index (Phi) is 3.56. The Balaban J connectivity index is 1.93. The molecule has 0 saturated carbocycles. The predicted octanol–water partition coefficient (Wildman–Crippen LogP) is 0.918. The first-order valence-corrected chi connectivity index (χ1v) is 6.62. The van der Waals surface area contributed by atoms with Crippen molar-refractivity contribution in [3.05, 3.63) is 0 Å². The number of nitrogens with zero attached hydrogens (tertiary/aromatic N) is 2. The third-order valence-electron chi connectivity index (χ3n) is 3.94. The third kappa shape index (κ3) is 2.62. The number of aliphatic hydroxyl groups excluding tert-OH is 1. The summed E-state index contributed by atoms with van der Waals surface area (Å²) >= 11 is 0. The second-order valence-corrected chi connectivity index (χ2v) is 6.45. The highest BCUT2D eigenvalue weighted by molar-refractivity contribution is 5.68. The summed E-state index contributed by atoms with van der Waals surface area (Å²) in [5.74, 6) is 0.472. The van der Waals surface area contributed by atoms with Gasteiger partial charge in [0.05, 0.1) is 6.61 Å². The van der Waals surface area contributed by atoms with E-state index in [0.29, 0.717) is 18.5 Å². The van der Waals surface area contributed by atoms with E-state index in [4.69, 9.17) is 4.74 Å². The Morgan fingerprint density at radius 3 is 2.56 bits per heavy atom. The van der Waals surface area contributed by atoms with Gasteiger partial charge in [-0.25, -0.2) is 4.79 Å². The topological polar surface area (TPSA) is 53.0 Å². The molecule has 5 nitrogen and oxygen atoms in total. The molecular weight excluding hydrogens is 232 g/mol. The van der Waals surface area contributed by atoms with Crippen molar-refractivity contribution >= 4 is 6.09 Å². The molecule has 104 valence electrons. The lowest BCUT2D eigenvalue weighted by Crippen LogP contribution is -2.41. The third-order valence-corrected chi connectivity index (χ3v) is 3.94. The number of hydrogen-bond donors (Lipinski definition) is 1. The van der Waals surface area contributed by atoms with Crippen LogP contribution >= 0.6 is 0 Å². The van der Waals surface area contributed by atoms with Gasteiger partial charge in [-0.15, -0.1) is 0 Å². The highest BCUT2D eigenvalue weighted by Gasteiger charge is 2.46. The highest BCUT2D eigenvalue weighted by Crippen LogP contribution is 2.34. The average molecular weight is 256 g/mol. The fourth-order valence-corrected chi connectivity index (χ4v) is 3.01. The largest absolute Gasteiger partial charge is 0.444 e. The molecule has 3 atom stereocenters. The van der Waals surface area contributed by atoms with E-state index in [1.165, 1.54) is 0 Å². The van der Waals surface area contributed by atoms with Gasteiger partial charge in [0.2, 0.25) is 0 Å². The van der Waals surface area contributed by atoms with Crippen LogP contribution in [0.2, 0.25) is 0 Å². The minimum Gasteiger partial charge on any atom is -0.444 e. The van der Waals surface area contributed by atoms with Gasteiger partial charge in [0.1, 0.15) is 5.60 Å². The van der Waals surface area contributed by atoms with Crippen molar-refractivity contribution in [2.24, 2.45) is 5.92 Å². The maximum Gasteiger partial charge on any atom is 0.410 e. The molecule has 1 amide bonds. The summed E-state index contributed by atoms with van der Waals surface area (Å²) < 4.78 is 5.39. The smallest absolute Gasteiger partial charge is 0.410 e. The second kappa shape index (κ2) is 4.70. The van der Waals surface area contributed by atoms with E-state index >= 15 is 0 Å². The standard InChI is InChI=1S/C13H24N2O3/c1-13(2,3)18-12(17)15-6-9-5-10(8-16)14(4)11(9)7-15/h9-11,16H,5-8H2,1-4H3/t9-,10-,11+/m1/s1. The zero-order valence-electron chi connectivity index (χ0n) is 11.7. The van der Waals surface area contributed by atoms with E-state index in [1.54, 1.807) is 4.90 Å². The first-order chi connectivity index (χ1) is 8.31. The van der Waals surface area contributed by atoms with E-state index in [-0.39, 0.29) is 18.7 Å². The maximum absolute atomic E-state index is 12.0. The van der Waals surface area contributed by atoms with Crippen molar-refractivity contribution in [2.75, 3.05) is 26.7 Å². The van der Waals surface area contributed by atoms with Crippen LogP contribution in [-0.4, -0.2) is 65.4 Å². The van der Waals surface area contributed by atoms with Crippen LogP contribution in [0.1, 0.15) is 27.2 Å². The molecule has 0 unspecified atom stereocenters. The Morgan fingerprint density at radius 2 is 2.06 bits per heavy atom. The van der Waals surface area contributed by atoms with Crippen molar-refractivity contribution < 1.29 is 14.6 Å². The molecule has 0 spiro atoms. The van der Waals surface area contributed by atoms with Crippen LogP contribution in [0.3, 0.4) is 0 Å². The summed E-state index contributed by atoms with van der Waals surface area (Å²) in [5.41, 5.74) is -0.436. The summed E-state index contributed by atoms with van der Waals surface area (Å²) in [7, 11) is 2.03. The lowest BCUT2D eigenvalue weighted by Gasteiger charge is -2.27. The van der Waals surface area contributed by atoms with Crippen LogP contribution < -0.4 is 0 Å². The van der Waals surface area contributed by atoms with Gasteiger partial charge in [-0.05, 0) is 40.2 Å². The van der Waals surface area contributed by atoms with Crippen molar-refractivity contribution in [3.8, 4) is 0 Å². The number of likely N-dealkylation sites (N-methyl/N-ethyl adjacent to an activating group) is 1. The molecule has 2 heterocycles. The second-order valence-electron chi connectivity index (χ2n) is 6.45. The van der Waals surface area contributed by atoms with Gasteiger partial charge in [0, 0.05) is 25.2 Å². The molecule has 2 aliphatic rings. The quantitative estimate of drug-likeness (QED) is 0.758. The molecule has 18 heavy (non-hydrogen) atoms. The molecule has 0 aliphatic carbocycles. The van der Waals surface area contributed by atoms with Gasteiger partial charge < -0.3 is 14.7 Å². The van der Waals surface area contributed by atoms with Gasteiger partial charge in [-0.3, -0.25) is 4.90 Å². The fraction of sp³-hybridized carbons (Fsp3) is 0.923. The number of likely N-dealkylation sites (tertiary alicyclic amines) is 2. The summed E-state index contributed by atoms with van der Waals surface area (Å²) in [6.07, 6.45) is 0.752. The van der Waals surface area contributed by atoms with Gasteiger partial charge in [0.25, 0.3) is 0 Å². The fourth-order valence-electron chi connectivity index (χ4n) is 3.01. The Bertz CT molecular complexity index is 327. The van der Waals surface area contributed by atoms with E-state index < -0.39 is 5.60 Å². The lowest BCUT2D eigenvalue weighted by atomic mass is 10.0. The number of ether oxygens (including phenoxy) is 1. The monoisotopic (exact) mass is 256 g/mol. The van der Waals surface area contributed by atoms with Crippen LogP contribution in [0.25, 0.3) is 0 Å². The van der Waals surface area contributed by atoms with Crippen molar-refractivity contribution in [2.45, 2.75) is 44.9 Å². The highest BCUT2D eigenvalue weighted by atomic mass is 16.6. The van der Waals surface area contributed by atoms with Crippen molar-refractivity contribution in [3.63, 3.8) is 0 Å². The van der Waals surface area contributed by atoms with Crippen LogP contribution in [0.4, 0.5) is 4.79 Å². The molecule has 0 aromatic rings. The zero-order valence-corrected chi connectivity index (χ0v) is 11.7. The van der Waals surface area contributed by atoms with Crippen LogP contribution in [0, 0.1) is 5.92 Å². The summed E-state index contributed by atoms with van der Waals surface area (Å²) in [4.78, 5) is 16.0. The normalized spacial score (nSPS) is 32.7. The summed E-state index contributed by atoms with van der Waals surface area (Å²) in [6, 6.07) is 0.621. The maximum atomic E-state index is 12.0. The Labute approximate surface area is 109 Å². The molecule has 2 rings (SSSR count).